The van der Waals surface area contributed by atoms with Crippen molar-refractivity contribution in [3.8, 4) is 0 Å². The molecule has 2 unspecified atom stereocenters. The molecule has 1 saturated heterocycles. The van der Waals surface area contributed by atoms with Gasteiger partial charge in [0.05, 0.1) is 28.3 Å². The van der Waals surface area contributed by atoms with Crippen LogP contribution < -0.4 is 0 Å². The Hall–Kier alpha value is -2.81. The van der Waals surface area contributed by atoms with Gasteiger partial charge in [0.2, 0.25) is 5.91 Å². The number of amides is 3. The number of morpholine rings is 1. The van der Waals surface area contributed by atoms with Crippen molar-refractivity contribution in [3.05, 3.63) is 39.4 Å². The maximum Gasteiger partial charge on any atom is 0.270 e. The zero-order valence-electron chi connectivity index (χ0n) is 13.8. The zero-order valence-corrected chi connectivity index (χ0v) is 13.8. The molecule has 0 aliphatic carbocycles. The summed E-state index contributed by atoms with van der Waals surface area (Å²) in [6.07, 6.45) is -0.255. The van der Waals surface area contributed by atoms with Gasteiger partial charge in [-0.25, -0.2) is 0 Å². The second-order valence-electron chi connectivity index (χ2n) is 6.24. The van der Waals surface area contributed by atoms with E-state index in [0.717, 1.165) is 11.0 Å². The minimum absolute atomic E-state index is 0.0456. The van der Waals surface area contributed by atoms with E-state index in [9.17, 15) is 24.5 Å². The number of carbonyl (C=O) groups excluding carboxylic acids is 3. The Labute approximate surface area is 143 Å². The molecule has 3 rings (SSSR count). The molecule has 132 valence electrons. The summed E-state index contributed by atoms with van der Waals surface area (Å²) in [7, 11) is 0. The number of non-ortho nitro benzene ring substituents is 1. The highest BCUT2D eigenvalue weighted by Crippen LogP contribution is 2.27. The summed E-state index contributed by atoms with van der Waals surface area (Å²) in [4.78, 5) is 49.9. The average Bonchev–Trinajstić information content (AvgIpc) is 2.78. The second kappa shape index (κ2) is 6.25. The molecule has 9 nitrogen and oxygen atoms in total. The van der Waals surface area contributed by atoms with Crippen LogP contribution in [0, 0.1) is 10.1 Å². The highest BCUT2D eigenvalue weighted by molar-refractivity contribution is 6.22. The van der Waals surface area contributed by atoms with Gasteiger partial charge in [0.15, 0.2) is 0 Å². The van der Waals surface area contributed by atoms with E-state index in [2.05, 4.69) is 0 Å². The first kappa shape index (κ1) is 17.0. The van der Waals surface area contributed by atoms with Crippen LogP contribution in [0.4, 0.5) is 5.69 Å². The van der Waals surface area contributed by atoms with Crippen molar-refractivity contribution in [2.45, 2.75) is 26.1 Å². The maximum atomic E-state index is 12.5. The van der Waals surface area contributed by atoms with E-state index in [1.807, 2.05) is 13.8 Å². The molecule has 1 aromatic rings. The van der Waals surface area contributed by atoms with E-state index in [4.69, 9.17) is 4.74 Å². The summed E-state index contributed by atoms with van der Waals surface area (Å²) in [5.74, 6) is -1.66. The molecule has 2 aliphatic heterocycles. The maximum absolute atomic E-state index is 12.5. The van der Waals surface area contributed by atoms with Crippen molar-refractivity contribution >= 4 is 23.4 Å². The third-order valence-corrected chi connectivity index (χ3v) is 4.23. The minimum Gasteiger partial charge on any atom is -0.372 e. The standard InChI is InChI=1S/C16H17N3O6/c1-9-6-17(7-10(2)25-9)14(20)8-18-15(21)12-4-3-11(19(23)24)5-13(12)16(18)22/h3-5,9-10H,6-8H2,1-2H3. The number of carbonyl (C=O) groups is 3. The number of imide groups is 1. The minimum atomic E-state index is -0.689. The van der Waals surface area contributed by atoms with Gasteiger partial charge in [0.25, 0.3) is 17.5 Å². The molecule has 0 N–H and O–H groups in total. The van der Waals surface area contributed by atoms with E-state index < -0.39 is 16.7 Å². The monoisotopic (exact) mass is 347 g/mol. The van der Waals surface area contributed by atoms with Crippen molar-refractivity contribution in [2.24, 2.45) is 0 Å². The fourth-order valence-electron chi connectivity index (χ4n) is 3.15. The first-order valence-electron chi connectivity index (χ1n) is 7.85. The lowest BCUT2D eigenvalue weighted by Crippen LogP contribution is -2.51. The van der Waals surface area contributed by atoms with Gasteiger partial charge >= 0.3 is 0 Å². The van der Waals surface area contributed by atoms with E-state index in [0.29, 0.717) is 13.1 Å². The van der Waals surface area contributed by atoms with Gasteiger partial charge in [-0.05, 0) is 19.9 Å². The molecule has 0 radical (unpaired) electrons. The molecular formula is C16H17N3O6. The largest absolute Gasteiger partial charge is 0.372 e. The quantitative estimate of drug-likeness (QED) is 0.455. The van der Waals surface area contributed by atoms with E-state index >= 15 is 0 Å². The topological polar surface area (TPSA) is 110 Å². The molecular weight excluding hydrogens is 330 g/mol. The average molecular weight is 347 g/mol. The van der Waals surface area contributed by atoms with Crippen LogP contribution in [0.2, 0.25) is 0 Å². The molecule has 2 atom stereocenters. The van der Waals surface area contributed by atoms with Crippen LogP contribution in [-0.2, 0) is 9.53 Å². The lowest BCUT2D eigenvalue weighted by atomic mass is 10.1. The molecule has 25 heavy (non-hydrogen) atoms. The molecule has 0 bridgehead atoms. The number of nitro benzene ring substituents is 1. The summed E-state index contributed by atoms with van der Waals surface area (Å²) in [5, 5.41) is 10.8. The van der Waals surface area contributed by atoms with Crippen molar-refractivity contribution in [3.63, 3.8) is 0 Å². The van der Waals surface area contributed by atoms with Crippen molar-refractivity contribution in [1.29, 1.82) is 0 Å². The molecule has 2 heterocycles. The third-order valence-electron chi connectivity index (χ3n) is 4.23. The molecule has 2 aliphatic rings. The predicted molar refractivity (Wildman–Crippen MR) is 85.1 cm³/mol. The van der Waals surface area contributed by atoms with Crippen LogP contribution in [0.25, 0.3) is 0 Å². The molecule has 0 saturated carbocycles. The first-order valence-corrected chi connectivity index (χ1v) is 7.85. The summed E-state index contributed by atoms with van der Waals surface area (Å²) in [5.41, 5.74) is -0.244. The number of nitrogens with zero attached hydrogens (tertiary/aromatic N) is 3. The zero-order chi connectivity index (χ0) is 18.3. The second-order valence-corrected chi connectivity index (χ2v) is 6.24. The van der Waals surface area contributed by atoms with Crippen molar-refractivity contribution < 1.29 is 24.0 Å². The van der Waals surface area contributed by atoms with Gasteiger partial charge in [-0.15, -0.1) is 0 Å². The fraction of sp³-hybridized carbons (Fsp3) is 0.438. The number of ether oxygens (including phenoxy) is 1. The molecule has 1 fully saturated rings. The van der Waals surface area contributed by atoms with Crippen LogP contribution in [-0.4, -0.2) is 64.3 Å². The Balaban J connectivity index is 1.77. The fourth-order valence-corrected chi connectivity index (χ4v) is 3.15. The van der Waals surface area contributed by atoms with Gasteiger partial charge < -0.3 is 9.64 Å². The molecule has 0 aromatic heterocycles. The first-order chi connectivity index (χ1) is 11.8. The third kappa shape index (κ3) is 3.10. The van der Waals surface area contributed by atoms with Gasteiger partial charge in [0, 0.05) is 25.2 Å². The summed E-state index contributed by atoms with van der Waals surface area (Å²) in [6, 6.07) is 3.48. The Morgan fingerprint density at radius 3 is 2.40 bits per heavy atom. The Morgan fingerprint density at radius 2 is 1.80 bits per heavy atom. The predicted octanol–water partition coefficient (Wildman–Crippen LogP) is 0.827. The lowest BCUT2D eigenvalue weighted by molar-refractivity contribution is -0.384. The Kier molecular flexibility index (Phi) is 4.25. The van der Waals surface area contributed by atoms with E-state index in [1.165, 1.54) is 12.1 Å². The number of fused-ring (bicyclic) bond motifs is 1. The van der Waals surface area contributed by atoms with E-state index in [1.54, 1.807) is 4.90 Å². The number of rotatable bonds is 3. The van der Waals surface area contributed by atoms with Crippen LogP contribution >= 0.6 is 0 Å². The number of benzene rings is 1. The SMILES string of the molecule is CC1CN(C(=O)CN2C(=O)c3ccc([N+](=O)[O-])cc3C2=O)CC(C)O1. The summed E-state index contributed by atoms with van der Waals surface area (Å²) in [6.45, 7) is 4.07. The number of hydrogen-bond donors (Lipinski definition) is 0. The van der Waals surface area contributed by atoms with Gasteiger partial charge in [-0.2, -0.15) is 0 Å². The van der Waals surface area contributed by atoms with Crippen LogP contribution in [0.3, 0.4) is 0 Å². The Bertz CT molecular complexity index is 767. The van der Waals surface area contributed by atoms with E-state index in [-0.39, 0.29) is 41.5 Å². The summed E-state index contributed by atoms with van der Waals surface area (Å²) >= 11 is 0. The van der Waals surface area contributed by atoms with Crippen LogP contribution in [0.5, 0.6) is 0 Å². The lowest BCUT2D eigenvalue weighted by Gasteiger charge is -2.35. The molecule has 1 aromatic carbocycles. The highest BCUT2D eigenvalue weighted by atomic mass is 16.6. The van der Waals surface area contributed by atoms with Gasteiger partial charge in [-0.3, -0.25) is 29.4 Å². The summed E-state index contributed by atoms with van der Waals surface area (Å²) < 4.78 is 5.56. The number of hydrogen-bond acceptors (Lipinski definition) is 6. The molecule has 3 amide bonds. The molecule has 0 spiro atoms. The van der Waals surface area contributed by atoms with Crippen LogP contribution in [0.1, 0.15) is 34.6 Å². The smallest absolute Gasteiger partial charge is 0.270 e. The van der Waals surface area contributed by atoms with Crippen molar-refractivity contribution in [1.82, 2.24) is 9.80 Å². The number of nitro groups is 1. The Morgan fingerprint density at radius 1 is 1.20 bits per heavy atom. The molecule has 9 heteroatoms. The van der Waals surface area contributed by atoms with Crippen LogP contribution in [0.15, 0.2) is 18.2 Å². The van der Waals surface area contributed by atoms with Crippen molar-refractivity contribution in [2.75, 3.05) is 19.6 Å². The normalized spacial score (nSPS) is 23.0. The van der Waals surface area contributed by atoms with Gasteiger partial charge in [0.1, 0.15) is 6.54 Å². The van der Waals surface area contributed by atoms with Gasteiger partial charge in [-0.1, -0.05) is 0 Å². The highest BCUT2D eigenvalue weighted by Gasteiger charge is 2.39.